The summed E-state index contributed by atoms with van der Waals surface area (Å²) in [7, 11) is -3.98. The highest BCUT2D eigenvalue weighted by atomic mass is 35.5. The van der Waals surface area contributed by atoms with Crippen LogP contribution in [-0.4, -0.2) is 24.6 Å². The predicted molar refractivity (Wildman–Crippen MR) is 83.9 cm³/mol. The average molecular weight is 384 g/mol. The van der Waals surface area contributed by atoms with E-state index in [1.807, 2.05) is 0 Å². The van der Waals surface area contributed by atoms with Gasteiger partial charge in [-0.3, -0.25) is 0 Å². The van der Waals surface area contributed by atoms with E-state index >= 15 is 0 Å². The van der Waals surface area contributed by atoms with E-state index < -0.39 is 16.0 Å². The monoisotopic (exact) mass is 383 g/mol. The molecule has 3 aromatic rings. The van der Waals surface area contributed by atoms with Gasteiger partial charge < -0.3 is 13.6 Å². The van der Waals surface area contributed by atoms with Gasteiger partial charge in [-0.15, -0.1) is 10.2 Å². The molecule has 0 fully saturated rings. The molecule has 3 rings (SSSR count). The fourth-order valence-electron chi connectivity index (χ4n) is 1.85. The van der Waals surface area contributed by atoms with Gasteiger partial charge in [-0.25, -0.2) is 18.4 Å². The molecule has 9 nitrogen and oxygen atoms in total. The minimum absolute atomic E-state index is 0.0132. The molecule has 0 saturated carbocycles. The third-order valence-electron chi connectivity index (χ3n) is 3.01. The number of nitrogens with zero attached hydrogens (tertiary/aromatic N) is 2. The van der Waals surface area contributed by atoms with Crippen molar-refractivity contribution in [3.05, 3.63) is 53.1 Å². The number of ether oxygens (including phenoxy) is 1. The van der Waals surface area contributed by atoms with E-state index in [9.17, 15) is 13.2 Å². The predicted octanol–water partition coefficient (Wildman–Crippen LogP) is 1.99. The Morgan fingerprint density at radius 3 is 2.76 bits per heavy atom. The molecule has 1 aromatic carbocycles. The lowest BCUT2D eigenvalue weighted by atomic mass is 10.2. The second-order valence-corrected chi connectivity index (χ2v) is 6.71. The fourth-order valence-corrected chi connectivity index (χ4v) is 2.59. The third-order valence-corrected chi connectivity index (χ3v) is 4.25. The van der Waals surface area contributed by atoms with Crippen molar-refractivity contribution in [2.45, 2.75) is 11.5 Å². The molecule has 0 aliphatic rings. The van der Waals surface area contributed by atoms with Crippen LogP contribution in [-0.2, 0) is 21.4 Å². The topological polar surface area (TPSA) is 139 Å². The number of furan rings is 1. The molecule has 11 heteroatoms. The highest BCUT2D eigenvalue weighted by Gasteiger charge is 2.18. The number of halogens is 1. The van der Waals surface area contributed by atoms with Crippen LogP contribution in [0.1, 0.15) is 16.2 Å². The van der Waals surface area contributed by atoms with E-state index in [1.165, 1.54) is 18.4 Å². The molecular weight excluding hydrogens is 374 g/mol. The standard InChI is InChI=1S/C14H10ClN3O6S/c15-10-4-3-8(25(16,20)21)6-9(10)14(19)23-7-12-17-18-13(24-12)11-2-1-5-22-11/h1-6H,7H2,(H2,16,20,21). The van der Waals surface area contributed by atoms with Gasteiger partial charge in [-0.05, 0) is 30.3 Å². The molecule has 2 aromatic heterocycles. The van der Waals surface area contributed by atoms with Gasteiger partial charge in [-0.1, -0.05) is 11.6 Å². The minimum Gasteiger partial charge on any atom is -0.459 e. The van der Waals surface area contributed by atoms with Gasteiger partial charge in [0.1, 0.15) is 0 Å². The number of primary sulfonamides is 1. The van der Waals surface area contributed by atoms with E-state index in [1.54, 1.807) is 12.1 Å². The van der Waals surface area contributed by atoms with E-state index in [4.69, 9.17) is 30.3 Å². The van der Waals surface area contributed by atoms with Crippen LogP contribution in [0.4, 0.5) is 0 Å². The molecular formula is C14H10ClN3O6S. The molecule has 2 N–H and O–H groups in total. The van der Waals surface area contributed by atoms with Crippen LogP contribution < -0.4 is 5.14 Å². The molecule has 0 unspecified atom stereocenters. The van der Waals surface area contributed by atoms with Crippen molar-refractivity contribution in [1.29, 1.82) is 0 Å². The molecule has 0 aliphatic carbocycles. The number of hydrogen-bond donors (Lipinski definition) is 1. The Bertz CT molecular complexity index is 1010. The molecule has 0 radical (unpaired) electrons. The van der Waals surface area contributed by atoms with E-state index in [0.717, 1.165) is 6.07 Å². The summed E-state index contributed by atoms with van der Waals surface area (Å²) in [4.78, 5) is 11.8. The zero-order chi connectivity index (χ0) is 18.0. The van der Waals surface area contributed by atoms with Crippen LogP contribution in [0.3, 0.4) is 0 Å². The molecule has 25 heavy (non-hydrogen) atoms. The minimum atomic E-state index is -3.98. The Hall–Kier alpha value is -2.69. The first-order valence-corrected chi connectivity index (χ1v) is 8.63. The Morgan fingerprint density at radius 2 is 2.08 bits per heavy atom. The van der Waals surface area contributed by atoms with Crippen LogP contribution in [0.15, 0.2) is 50.3 Å². The zero-order valence-electron chi connectivity index (χ0n) is 12.4. The van der Waals surface area contributed by atoms with Crippen molar-refractivity contribution in [3.8, 4) is 11.7 Å². The van der Waals surface area contributed by atoms with Crippen LogP contribution >= 0.6 is 11.6 Å². The largest absolute Gasteiger partial charge is 0.459 e. The van der Waals surface area contributed by atoms with Crippen LogP contribution in [0, 0.1) is 0 Å². The third kappa shape index (κ3) is 3.87. The maximum atomic E-state index is 12.1. The molecule has 0 aliphatic heterocycles. The summed E-state index contributed by atoms with van der Waals surface area (Å²) in [6, 6.07) is 6.73. The number of carbonyl (C=O) groups excluding carboxylic acids is 1. The van der Waals surface area contributed by atoms with Crippen molar-refractivity contribution in [1.82, 2.24) is 10.2 Å². The summed E-state index contributed by atoms with van der Waals surface area (Å²) in [6.45, 7) is -0.331. The number of nitrogens with two attached hydrogens (primary N) is 1. The first-order chi connectivity index (χ1) is 11.8. The van der Waals surface area contributed by atoms with Gasteiger partial charge in [0.05, 0.1) is 21.7 Å². The van der Waals surface area contributed by atoms with Crippen molar-refractivity contribution in [2.24, 2.45) is 5.14 Å². The Labute approximate surface area is 146 Å². The van der Waals surface area contributed by atoms with Crippen LogP contribution in [0.25, 0.3) is 11.7 Å². The molecule has 130 valence electrons. The summed E-state index contributed by atoms with van der Waals surface area (Å²) in [5.41, 5.74) is -0.154. The van der Waals surface area contributed by atoms with Crippen LogP contribution in [0.5, 0.6) is 0 Å². The van der Waals surface area contributed by atoms with E-state index in [2.05, 4.69) is 10.2 Å². The summed E-state index contributed by atoms with van der Waals surface area (Å²) in [5.74, 6) is -0.342. The number of hydrogen-bond acceptors (Lipinski definition) is 8. The molecule has 0 atom stereocenters. The number of sulfonamides is 1. The van der Waals surface area contributed by atoms with Crippen molar-refractivity contribution in [3.63, 3.8) is 0 Å². The molecule has 2 heterocycles. The number of benzene rings is 1. The Balaban J connectivity index is 1.73. The SMILES string of the molecule is NS(=O)(=O)c1ccc(Cl)c(C(=O)OCc2nnc(-c3ccco3)o2)c1. The average Bonchev–Trinajstić information content (AvgIpc) is 3.23. The number of esters is 1. The zero-order valence-corrected chi connectivity index (χ0v) is 14.0. The summed E-state index contributed by atoms with van der Waals surface area (Å²) < 4.78 is 38.1. The second kappa shape index (κ2) is 6.67. The normalized spacial score (nSPS) is 11.4. The van der Waals surface area contributed by atoms with Gasteiger partial charge >= 0.3 is 5.97 Å². The van der Waals surface area contributed by atoms with E-state index in [0.29, 0.717) is 5.76 Å². The first-order valence-electron chi connectivity index (χ1n) is 6.70. The molecule has 0 saturated heterocycles. The second-order valence-electron chi connectivity index (χ2n) is 4.74. The molecule has 0 amide bonds. The fraction of sp³-hybridized carbons (Fsp3) is 0.0714. The maximum absolute atomic E-state index is 12.1. The van der Waals surface area contributed by atoms with Crippen molar-refractivity contribution >= 4 is 27.6 Å². The summed E-state index contributed by atoms with van der Waals surface area (Å²) >= 11 is 5.89. The van der Waals surface area contributed by atoms with Crippen molar-refractivity contribution in [2.75, 3.05) is 0 Å². The van der Waals surface area contributed by atoms with Gasteiger partial charge in [0, 0.05) is 0 Å². The lowest BCUT2D eigenvalue weighted by Crippen LogP contribution is -2.14. The lowest BCUT2D eigenvalue weighted by molar-refractivity contribution is 0.0438. The Kier molecular flexibility index (Phi) is 4.57. The number of aromatic nitrogens is 2. The van der Waals surface area contributed by atoms with Gasteiger partial charge in [0.15, 0.2) is 12.4 Å². The number of rotatable bonds is 5. The quantitative estimate of drug-likeness (QED) is 0.660. The molecule has 0 bridgehead atoms. The highest BCUT2D eigenvalue weighted by Crippen LogP contribution is 2.22. The molecule has 0 spiro atoms. The van der Waals surface area contributed by atoms with E-state index in [-0.39, 0.29) is 33.9 Å². The Morgan fingerprint density at radius 1 is 1.28 bits per heavy atom. The lowest BCUT2D eigenvalue weighted by Gasteiger charge is -2.06. The maximum Gasteiger partial charge on any atom is 0.340 e. The van der Waals surface area contributed by atoms with Gasteiger partial charge in [0.25, 0.3) is 11.8 Å². The first kappa shape index (κ1) is 17.1. The smallest absolute Gasteiger partial charge is 0.340 e. The highest BCUT2D eigenvalue weighted by molar-refractivity contribution is 7.89. The summed E-state index contributed by atoms with van der Waals surface area (Å²) in [6.07, 6.45) is 1.44. The number of carbonyl (C=O) groups is 1. The van der Waals surface area contributed by atoms with Crippen molar-refractivity contribution < 1.29 is 26.8 Å². The summed E-state index contributed by atoms with van der Waals surface area (Å²) in [5, 5.41) is 12.5. The van der Waals surface area contributed by atoms with Gasteiger partial charge in [-0.2, -0.15) is 0 Å². The van der Waals surface area contributed by atoms with Gasteiger partial charge in [0.2, 0.25) is 10.0 Å². The van der Waals surface area contributed by atoms with Crippen LogP contribution in [0.2, 0.25) is 5.02 Å².